The zero-order chi connectivity index (χ0) is 21.1. The minimum absolute atomic E-state index is 0.188. The second kappa shape index (κ2) is 9.09. The van der Waals surface area contributed by atoms with Crippen molar-refractivity contribution >= 4 is 16.6 Å². The second-order valence-corrected chi connectivity index (χ2v) is 8.59. The lowest BCUT2D eigenvalue weighted by Crippen LogP contribution is -2.23. The van der Waals surface area contributed by atoms with Crippen molar-refractivity contribution in [2.75, 3.05) is 45.2 Å². The average molecular weight is 409 g/mol. The van der Waals surface area contributed by atoms with Gasteiger partial charge in [0.1, 0.15) is 0 Å². The van der Waals surface area contributed by atoms with Crippen molar-refractivity contribution in [3.63, 3.8) is 0 Å². The maximum absolute atomic E-state index is 9.05. The third-order valence-electron chi connectivity index (χ3n) is 6.24. The van der Waals surface area contributed by atoms with Gasteiger partial charge in [-0.1, -0.05) is 6.92 Å². The number of hydrogen-bond acceptors (Lipinski definition) is 6. The van der Waals surface area contributed by atoms with Gasteiger partial charge in [-0.15, -0.1) is 0 Å². The van der Waals surface area contributed by atoms with Crippen LogP contribution >= 0.6 is 0 Å². The van der Waals surface area contributed by atoms with Crippen molar-refractivity contribution < 1.29 is 9.47 Å². The van der Waals surface area contributed by atoms with Gasteiger partial charge in [0.2, 0.25) is 0 Å². The predicted molar refractivity (Wildman–Crippen MR) is 119 cm³/mol. The number of anilines is 1. The van der Waals surface area contributed by atoms with E-state index in [2.05, 4.69) is 36.2 Å². The summed E-state index contributed by atoms with van der Waals surface area (Å²) in [7, 11) is 1.69. The highest BCUT2D eigenvalue weighted by atomic mass is 16.5. The number of ether oxygens (including phenoxy) is 2. The van der Waals surface area contributed by atoms with Crippen molar-refractivity contribution in [1.29, 1.82) is 5.26 Å². The largest absolute Gasteiger partial charge is 0.493 e. The van der Waals surface area contributed by atoms with Gasteiger partial charge < -0.3 is 19.7 Å². The summed E-state index contributed by atoms with van der Waals surface area (Å²) >= 11 is 0. The topological polar surface area (TPSA) is 70.4 Å². The van der Waals surface area contributed by atoms with E-state index in [1.807, 2.05) is 6.07 Å². The van der Waals surface area contributed by atoms with Crippen LogP contribution in [-0.4, -0.2) is 49.8 Å². The fourth-order valence-corrected chi connectivity index (χ4v) is 4.76. The summed E-state index contributed by atoms with van der Waals surface area (Å²) in [5.41, 5.74) is 4.73. The zero-order valence-corrected chi connectivity index (χ0v) is 18.3. The average Bonchev–Trinajstić information content (AvgIpc) is 3.36. The fraction of sp³-hybridized carbons (Fsp3) is 0.583. The first kappa shape index (κ1) is 20.7. The number of aromatic nitrogens is 1. The molecule has 6 nitrogen and oxygen atoms in total. The van der Waals surface area contributed by atoms with E-state index in [9.17, 15) is 0 Å². The molecule has 0 amide bonds. The molecule has 0 saturated carbocycles. The van der Waals surface area contributed by atoms with E-state index in [4.69, 9.17) is 19.7 Å². The molecular formula is C24H32N4O2. The van der Waals surface area contributed by atoms with Crippen LogP contribution in [0.1, 0.15) is 37.9 Å². The highest BCUT2D eigenvalue weighted by molar-refractivity contribution is 5.96. The van der Waals surface area contributed by atoms with Crippen molar-refractivity contribution in [2.24, 2.45) is 11.8 Å². The lowest BCUT2D eigenvalue weighted by Gasteiger charge is -2.18. The number of likely N-dealkylation sites (tertiary alicyclic amines) is 1. The smallest absolute Gasteiger partial charge is 0.163 e. The van der Waals surface area contributed by atoms with E-state index in [0.717, 1.165) is 74.3 Å². The molecule has 1 aromatic carbocycles. The van der Waals surface area contributed by atoms with Gasteiger partial charge in [0.15, 0.2) is 11.5 Å². The summed E-state index contributed by atoms with van der Waals surface area (Å²) in [6.45, 7) is 8.78. The number of fused-ring (bicyclic) bond motifs is 2. The molecule has 0 bridgehead atoms. The van der Waals surface area contributed by atoms with Gasteiger partial charge in [0.25, 0.3) is 0 Å². The van der Waals surface area contributed by atoms with Crippen LogP contribution in [0.3, 0.4) is 0 Å². The molecule has 2 unspecified atom stereocenters. The molecule has 1 aliphatic carbocycles. The quantitative estimate of drug-likeness (QED) is 0.665. The van der Waals surface area contributed by atoms with Crippen molar-refractivity contribution in [3.05, 3.63) is 23.4 Å². The Morgan fingerprint density at radius 2 is 2.17 bits per heavy atom. The lowest BCUT2D eigenvalue weighted by atomic mass is 10.0. The van der Waals surface area contributed by atoms with Gasteiger partial charge in [-0.25, -0.2) is 0 Å². The van der Waals surface area contributed by atoms with Gasteiger partial charge in [0.05, 0.1) is 31.2 Å². The Balaban J connectivity index is 1.51. The summed E-state index contributed by atoms with van der Waals surface area (Å²) in [6.07, 6.45) is 4.02. The summed E-state index contributed by atoms with van der Waals surface area (Å²) in [6, 6.07) is 6.47. The maximum atomic E-state index is 9.05. The molecule has 4 rings (SSSR count). The standard InChI is InChI=1S/C24H32N4O2/c1-4-26-24-18-10-16(2)11-20(18)27-21-13-23(22(29-3)12-19(21)24)30-9-5-7-28-8-6-17(14-25)15-28/h12-13,16-17H,4-11,15H2,1-3H3,(H,26,27). The van der Waals surface area contributed by atoms with Crippen LogP contribution in [-0.2, 0) is 12.8 Å². The Kier molecular flexibility index (Phi) is 6.29. The molecule has 1 fully saturated rings. The fourth-order valence-electron chi connectivity index (χ4n) is 4.76. The molecule has 2 aromatic rings. The third-order valence-corrected chi connectivity index (χ3v) is 6.24. The minimum atomic E-state index is 0.188. The Morgan fingerprint density at radius 3 is 2.90 bits per heavy atom. The summed E-state index contributed by atoms with van der Waals surface area (Å²) < 4.78 is 11.8. The van der Waals surface area contributed by atoms with Crippen LogP contribution in [0, 0.1) is 23.2 Å². The monoisotopic (exact) mass is 408 g/mol. The first-order chi connectivity index (χ1) is 14.6. The molecule has 0 radical (unpaired) electrons. The Bertz CT molecular complexity index is 953. The van der Waals surface area contributed by atoms with Gasteiger partial charge in [0, 0.05) is 42.5 Å². The number of pyridine rings is 1. The number of nitrogens with one attached hydrogen (secondary N) is 1. The van der Waals surface area contributed by atoms with E-state index in [-0.39, 0.29) is 5.92 Å². The van der Waals surface area contributed by atoms with Crippen LogP contribution in [0.4, 0.5) is 5.69 Å². The molecule has 1 aliphatic heterocycles. The molecule has 0 spiro atoms. The van der Waals surface area contributed by atoms with Crippen LogP contribution in [0.2, 0.25) is 0 Å². The number of benzene rings is 1. The number of hydrogen-bond donors (Lipinski definition) is 1. The van der Waals surface area contributed by atoms with E-state index >= 15 is 0 Å². The van der Waals surface area contributed by atoms with Crippen LogP contribution in [0.15, 0.2) is 12.1 Å². The summed E-state index contributed by atoms with van der Waals surface area (Å²) in [5.74, 6) is 2.32. The van der Waals surface area contributed by atoms with Crippen molar-refractivity contribution in [2.45, 2.75) is 39.5 Å². The molecule has 160 valence electrons. The SMILES string of the molecule is CCNc1c2c(nc3cc(OCCCN4CCC(C#N)C4)c(OC)cc13)CC(C)C2. The van der Waals surface area contributed by atoms with Crippen LogP contribution in [0.5, 0.6) is 11.5 Å². The molecule has 1 aromatic heterocycles. The Hall–Kier alpha value is -2.52. The lowest BCUT2D eigenvalue weighted by molar-refractivity contribution is 0.253. The van der Waals surface area contributed by atoms with Gasteiger partial charge in [-0.05, 0) is 56.7 Å². The molecule has 1 saturated heterocycles. The minimum Gasteiger partial charge on any atom is -0.493 e. The number of rotatable bonds is 8. The van der Waals surface area contributed by atoms with Gasteiger partial charge in [-0.2, -0.15) is 5.26 Å². The second-order valence-electron chi connectivity index (χ2n) is 8.59. The Labute approximate surface area is 179 Å². The molecular weight excluding hydrogens is 376 g/mol. The summed E-state index contributed by atoms with van der Waals surface area (Å²) in [4.78, 5) is 7.33. The highest BCUT2D eigenvalue weighted by Gasteiger charge is 2.25. The maximum Gasteiger partial charge on any atom is 0.163 e. The third kappa shape index (κ3) is 4.17. The number of methoxy groups -OCH3 is 1. The van der Waals surface area contributed by atoms with Gasteiger partial charge in [-0.3, -0.25) is 4.98 Å². The molecule has 2 atom stereocenters. The van der Waals surface area contributed by atoms with Crippen LogP contribution in [0.25, 0.3) is 10.9 Å². The van der Waals surface area contributed by atoms with Crippen LogP contribution < -0.4 is 14.8 Å². The molecule has 2 aliphatic rings. The molecule has 30 heavy (non-hydrogen) atoms. The molecule has 1 N–H and O–H groups in total. The van der Waals surface area contributed by atoms with E-state index in [1.54, 1.807) is 7.11 Å². The number of nitrogens with zero attached hydrogens (tertiary/aromatic N) is 3. The molecule has 6 heteroatoms. The normalized spacial score (nSPS) is 20.9. The zero-order valence-electron chi connectivity index (χ0n) is 18.3. The van der Waals surface area contributed by atoms with E-state index < -0.39 is 0 Å². The Morgan fingerprint density at radius 1 is 1.30 bits per heavy atom. The first-order valence-electron chi connectivity index (χ1n) is 11.1. The van der Waals surface area contributed by atoms with Gasteiger partial charge >= 0.3 is 0 Å². The first-order valence-corrected chi connectivity index (χ1v) is 11.1. The highest BCUT2D eigenvalue weighted by Crippen LogP contribution is 2.40. The van der Waals surface area contributed by atoms with Crippen molar-refractivity contribution in [1.82, 2.24) is 9.88 Å². The molecule has 2 heterocycles. The van der Waals surface area contributed by atoms with E-state index in [0.29, 0.717) is 12.5 Å². The van der Waals surface area contributed by atoms with Crippen molar-refractivity contribution in [3.8, 4) is 17.6 Å². The number of nitriles is 1. The summed E-state index contributed by atoms with van der Waals surface area (Å²) in [5, 5.41) is 13.7. The van der Waals surface area contributed by atoms with E-state index in [1.165, 1.54) is 16.9 Å². The predicted octanol–water partition coefficient (Wildman–Crippen LogP) is 4.02.